The van der Waals surface area contributed by atoms with Gasteiger partial charge in [0.15, 0.2) is 0 Å². The van der Waals surface area contributed by atoms with Gasteiger partial charge in [-0.2, -0.15) is 6.92 Å². The maximum atomic E-state index is 8.79. The van der Waals surface area contributed by atoms with Crippen LogP contribution >= 0.6 is 0 Å². The third-order valence-corrected chi connectivity index (χ3v) is 0.937. The molecule has 0 unspecified atom stereocenters. The average Bonchev–Trinajstić information content (AvgIpc) is 2.00. The first-order valence-electron chi connectivity index (χ1n) is 3.05. The molecule has 1 aromatic carbocycles. The Morgan fingerprint density at radius 3 is 2.00 bits per heavy atom. The Balaban J connectivity index is 0. The van der Waals surface area contributed by atoms with Gasteiger partial charge in [0.25, 0.3) is 0 Å². The minimum absolute atomic E-state index is 0. The summed E-state index contributed by atoms with van der Waals surface area (Å²) < 4.78 is 0. The summed E-state index contributed by atoms with van der Waals surface area (Å²) in [6.45, 7) is 5.00. The zero-order chi connectivity index (χ0) is 7.98. The number of benzene rings is 1. The van der Waals surface area contributed by atoms with Crippen LogP contribution in [0, 0.1) is 6.92 Å². The smallest absolute Gasteiger partial charge is 0.138 e. The molecule has 1 aromatic rings. The number of nitrogens with two attached hydrogens (primary N) is 1. The largest absolute Gasteiger partial charge is 0.506 e. The molecule has 0 aliphatic rings. The molecule has 0 aliphatic heterocycles. The summed E-state index contributed by atoms with van der Waals surface area (Å²) in [5, 5.41) is 8.79. The van der Waals surface area contributed by atoms with Gasteiger partial charge in [0.2, 0.25) is 0 Å². The molecule has 0 fully saturated rings. The van der Waals surface area contributed by atoms with Crippen LogP contribution in [0.3, 0.4) is 0 Å². The molecule has 2 nitrogen and oxygen atoms in total. The fourth-order valence-electron chi connectivity index (χ4n) is 0.488. The molecule has 0 heterocycles. The maximum absolute atomic E-state index is 8.79. The van der Waals surface area contributed by atoms with Crippen molar-refractivity contribution >= 4 is 5.69 Å². The van der Waals surface area contributed by atoms with Gasteiger partial charge in [-0.05, 0) is 12.1 Å². The molecule has 58 valence electrons. The zero-order valence-electron chi connectivity index (χ0n) is 6.75. The third-order valence-electron chi connectivity index (χ3n) is 0.937. The van der Waals surface area contributed by atoms with Crippen molar-refractivity contribution in [2.45, 2.75) is 6.92 Å². The van der Waals surface area contributed by atoms with Crippen LogP contribution in [0.1, 0.15) is 6.92 Å². The Hall–Kier alpha value is -0.557. The van der Waals surface area contributed by atoms with Crippen molar-refractivity contribution in [3.8, 4) is 5.75 Å². The van der Waals surface area contributed by atoms with Gasteiger partial charge in [0.05, 0.1) is 5.69 Å². The summed E-state index contributed by atoms with van der Waals surface area (Å²) in [5.41, 5.74) is 5.69. The van der Waals surface area contributed by atoms with E-state index in [1.54, 1.807) is 31.2 Å². The summed E-state index contributed by atoms with van der Waals surface area (Å²) in [5.74, 6) is 0.146. The summed E-state index contributed by atoms with van der Waals surface area (Å²) in [7, 11) is 0. The maximum Gasteiger partial charge on any atom is 0.138 e. The van der Waals surface area contributed by atoms with Gasteiger partial charge in [0, 0.05) is 19.5 Å². The zero-order valence-corrected chi connectivity index (χ0v) is 9.72. The van der Waals surface area contributed by atoms with Crippen LogP contribution in [0.5, 0.6) is 5.75 Å². The predicted molar refractivity (Wildman–Crippen MR) is 43.6 cm³/mol. The molecule has 11 heavy (non-hydrogen) atoms. The van der Waals surface area contributed by atoms with Crippen LogP contribution in [0.25, 0.3) is 0 Å². The van der Waals surface area contributed by atoms with E-state index in [9.17, 15) is 0 Å². The van der Waals surface area contributed by atoms with E-state index in [2.05, 4.69) is 6.92 Å². The van der Waals surface area contributed by atoms with Crippen molar-refractivity contribution in [2.75, 3.05) is 5.73 Å². The first kappa shape index (κ1) is 13.1. The standard InChI is InChI=1S/C6H7NO.C2H5.Zn/c7-5-3-1-2-4-6(5)8;1-2;/h1-4,8H,7H2;1H2,2H3;/q;-1;. The quantitative estimate of drug-likeness (QED) is 0.292. The molecular weight excluding hydrogens is 191 g/mol. The number of aromatic hydroxyl groups is 1. The minimum Gasteiger partial charge on any atom is -0.506 e. The number of phenols is 1. The van der Waals surface area contributed by atoms with E-state index in [-0.39, 0.29) is 25.2 Å². The van der Waals surface area contributed by atoms with Crippen molar-refractivity contribution in [3.63, 3.8) is 0 Å². The fraction of sp³-hybridized carbons (Fsp3) is 0.125. The molecule has 0 aliphatic carbocycles. The molecule has 3 N–H and O–H groups in total. The van der Waals surface area contributed by atoms with Crippen molar-refractivity contribution in [1.82, 2.24) is 0 Å². The van der Waals surface area contributed by atoms with E-state index in [0.717, 1.165) is 0 Å². The number of anilines is 1. The molecule has 1 rings (SSSR count). The Kier molecular flexibility index (Phi) is 8.97. The Labute approximate surface area is 80.2 Å². The molecular formula is C8H12NOZn-. The van der Waals surface area contributed by atoms with Gasteiger partial charge < -0.3 is 17.8 Å². The van der Waals surface area contributed by atoms with Crippen LogP contribution in [-0.4, -0.2) is 5.11 Å². The molecule has 3 heteroatoms. The van der Waals surface area contributed by atoms with Crippen molar-refractivity contribution in [3.05, 3.63) is 31.2 Å². The van der Waals surface area contributed by atoms with E-state index in [4.69, 9.17) is 10.8 Å². The number of para-hydroxylation sites is 2. The molecule has 0 saturated carbocycles. The van der Waals surface area contributed by atoms with E-state index in [1.807, 2.05) is 0 Å². The van der Waals surface area contributed by atoms with Gasteiger partial charge in [0.1, 0.15) is 5.75 Å². The second-order valence-corrected chi connectivity index (χ2v) is 1.56. The molecule has 0 bridgehead atoms. The topological polar surface area (TPSA) is 46.2 Å². The first-order chi connectivity index (χ1) is 4.80. The van der Waals surface area contributed by atoms with Crippen LogP contribution in [0.15, 0.2) is 24.3 Å². The molecule has 0 spiro atoms. The van der Waals surface area contributed by atoms with Crippen molar-refractivity contribution in [2.24, 2.45) is 0 Å². The van der Waals surface area contributed by atoms with Crippen LogP contribution < -0.4 is 5.73 Å². The van der Waals surface area contributed by atoms with E-state index in [0.29, 0.717) is 5.69 Å². The summed E-state index contributed by atoms with van der Waals surface area (Å²) in [4.78, 5) is 0. The predicted octanol–water partition coefficient (Wildman–Crippen LogP) is 1.81. The number of phenolic OH excluding ortho intramolecular Hbond substituents is 1. The fourth-order valence-corrected chi connectivity index (χ4v) is 0.488. The van der Waals surface area contributed by atoms with Gasteiger partial charge >= 0.3 is 0 Å². The van der Waals surface area contributed by atoms with Crippen molar-refractivity contribution < 1.29 is 24.6 Å². The monoisotopic (exact) mass is 202 g/mol. The van der Waals surface area contributed by atoms with Gasteiger partial charge in [-0.15, -0.1) is 0 Å². The van der Waals surface area contributed by atoms with E-state index < -0.39 is 0 Å². The molecule has 0 saturated heterocycles. The Morgan fingerprint density at radius 1 is 1.27 bits per heavy atom. The number of nitrogen functional groups attached to an aromatic ring is 1. The Bertz CT molecular complexity index is 170. The molecule has 0 radical (unpaired) electrons. The molecule has 0 amide bonds. The SMILES string of the molecule is Nc1ccccc1O.[CH2-]C.[Zn]. The van der Waals surface area contributed by atoms with Gasteiger partial charge in [-0.3, -0.25) is 0 Å². The summed E-state index contributed by atoms with van der Waals surface area (Å²) in [6, 6.07) is 6.70. The second-order valence-electron chi connectivity index (χ2n) is 1.56. The summed E-state index contributed by atoms with van der Waals surface area (Å²) in [6.07, 6.45) is 0. The number of hydrogen-bond donors (Lipinski definition) is 2. The third kappa shape index (κ3) is 4.80. The second kappa shape index (κ2) is 7.55. The van der Waals surface area contributed by atoms with Gasteiger partial charge in [-0.1, -0.05) is 12.1 Å². The molecule has 0 atom stereocenters. The van der Waals surface area contributed by atoms with Crippen molar-refractivity contribution in [1.29, 1.82) is 0 Å². The van der Waals surface area contributed by atoms with E-state index in [1.165, 1.54) is 0 Å². The Morgan fingerprint density at radius 2 is 1.73 bits per heavy atom. The number of rotatable bonds is 0. The average molecular weight is 204 g/mol. The first-order valence-corrected chi connectivity index (χ1v) is 3.05. The van der Waals surface area contributed by atoms with Gasteiger partial charge in [-0.25, -0.2) is 0 Å². The summed E-state index contributed by atoms with van der Waals surface area (Å²) >= 11 is 0. The van der Waals surface area contributed by atoms with Crippen LogP contribution in [0.4, 0.5) is 5.69 Å². The van der Waals surface area contributed by atoms with Crippen LogP contribution in [-0.2, 0) is 19.5 Å². The van der Waals surface area contributed by atoms with E-state index >= 15 is 0 Å². The van der Waals surface area contributed by atoms with Crippen LogP contribution in [0.2, 0.25) is 0 Å². The number of hydrogen-bond acceptors (Lipinski definition) is 2. The molecule has 0 aromatic heterocycles. The minimum atomic E-state index is 0. The normalized spacial score (nSPS) is 7.09.